The van der Waals surface area contributed by atoms with E-state index >= 15 is 0 Å². The first-order valence-electron chi connectivity index (χ1n) is 12.1. The summed E-state index contributed by atoms with van der Waals surface area (Å²) in [6, 6.07) is -1.40. The maximum atomic E-state index is 14.2. The zero-order chi connectivity index (χ0) is 23.9. The van der Waals surface area contributed by atoms with E-state index in [9.17, 15) is 19.5 Å². The molecular weight excluding hydrogens is 492 g/mol. The molecular formula is C24H35BrN2O6. The Kier molecular flexibility index (Phi) is 7.22. The minimum atomic E-state index is -1.12. The number of aliphatic hydroxyl groups is 1. The molecule has 0 aromatic carbocycles. The van der Waals surface area contributed by atoms with Crippen LogP contribution in [-0.2, 0) is 23.9 Å². The summed E-state index contributed by atoms with van der Waals surface area (Å²) in [6.45, 7) is 7.62. The number of aliphatic hydroxyl groups excluding tert-OH is 1. The largest absolute Gasteiger partial charge is 0.466 e. The second-order valence-corrected chi connectivity index (χ2v) is 10.9. The number of rotatable bonds is 8. The molecule has 0 aromatic heterocycles. The van der Waals surface area contributed by atoms with Crippen LogP contribution >= 0.6 is 15.9 Å². The van der Waals surface area contributed by atoms with E-state index in [1.807, 2.05) is 4.90 Å². The van der Waals surface area contributed by atoms with Crippen molar-refractivity contribution in [3.05, 3.63) is 12.7 Å². The van der Waals surface area contributed by atoms with Gasteiger partial charge in [-0.25, -0.2) is 0 Å². The third kappa shape index (κ3) is 3.84. The highest BCUT2D eigenvalue weighted by molar-refractivity contribution is 9.09. The Morgan fingerprint density at radius 2 is 2.09 bits per heavy atom. The van der Waals surface area contributed by atoms with Gasteiger partial charge in [-0.15, -0.1) is 6.58 Å². The molecule has 33 heavy (non-hydrogen) atoms. The van der Waals surface area contributed by atoms with Crippen LogP contribution in [0.4, 0.5) is 0 Å². The van der Waals surface area contributed by atoms with E-state index in [1.165, 1.54) is 4.90 Å². The van der Waals surface area contributed by atoms with Crippen LogP contribution in [0.1, 0.15) is 52.4 Å². The summed E-state index contributed by atoms with van der Waals surface area (Å²) in [7, 11) is 0. The number of hydrogen-bond donors (Lipinski definition) is 1. The highest BCUT2D eigenvalue weighted by atomic mass is 79.9. The molecule has 3 aliphatic heterocycles. The highest BCUT2D eigenvalue weighted by Crippen LogP contribution is 2.60. The number of fused-ring (bicyclic) bond motifs is 1. The second kappa shape index (κ2) is 9.66. The molecule has 2 bridgehead atoms. The smallest absolute Gasteiger partial charge is 0.312 e. The van der Waals surface area contributed by atoms with E-state index in [0.29, 0.717) is 13.0 Å². The Balaban J connectivity index is 1.76. The van der Waals surface area contributed by atoms with Crippen LogP contribution in [-0.4, -0.2) is 87.1 Å². The lowest BCUT2D eigenvalue weighted by Gasteiger charge is -2.42. The molecule has 3 saturated heterocycles. The number of carbonyl (C=O) groups is 3. The number of amides is 2. The van der Waals surface area contributed by atoms with Gasteiger partial charge in [0.15, 0.2) is 0 Å². The molecule has 3 heterocycles. The van der Waals surface area contributed by atoms with Crippen molar-refractivity contribution < 1.29 is 29.0 Å². The Labute approximate surface area is 203 Å². The predicted octanol–water partition coefficient (Wildman–Crippen LogP) is 2.03. The Hall–Kier alpha value is -1.45. The van der Waals surface area contributed by atoms with Crippen LogP contribution in [0.5, 0.6) is 0 Å². The van der Waals surface area contributed by atoms with Crippen molar-refractivity contribution in [2.24, 2.45) is 11.8 Å². The number of likely N-dealkylation sites (tertiary alicyclic amines) is 1. The van der Waals surface area contributed by atoms with Crippen molar-refractivity contribution in [2.75, 3.05) is 19.8 Å². The molecule has 1 saturated carbocycles. The molecule has 1 N–H and O–H groups in total. The lowest BCUT2D eigenvalue weighted by molar-refractivity contribution is -0.156. The van der Waals surface area contributed by atoms with Crippen molar-refractivity contribution in [1.82, 2.24) is 9.80 Å². The van der Waals surface area contributed by atoms with Gasteiger partial charge in [0.05, 0.1) is 37.2 Å². The molecule has 1 unspecified atom stereocenters. The highest BCUT2D eigenvalue weighted by Gasteiger charge is 2.77. The molecule has 4 aliphatic rings. The molecule has 7 atom stereocenters. The summed E-state index contributed by atoms with van der Waals surface area (Å²) in [6.07, 6.45) is 6.76. The summed E-state index contributed by atoms with van der Waals surface area (Å²) in [5.74, 6) is -2.52. The molecule has 0 radical (unpaired) electrons. The molecule has 2 amide bonds. The standard InChI is InChI=1S/C24H35BrN2O6/c1-4-11-26(15-9-7-6-8-10-15)22(30)20-24-12-16(25)19(33-24)17(23(31)32-5-2)18(24)21(29)27(20)14(3)13-28/h4,14-20,28H,1,5-13H2,2-3H3/t14-,16?,17-,18+,19-,20-,24+/m1/s1. The van der Waals surface area contributed by atoms with E-state index in [4.69, 9.17) is 9.47 Å². The number of hydrogen-bond acceptors (Lipinski definition) is 6. The van der Waals surface area contributed by atoms with Gasteiger partial charge in [0.1, 0.15) is 11.6 Å². The number of esters is 1. The first-order chi connectivity index (χ1) is 15.8. The normalized spacial score (nSPS) is 36.5. The van der Waals surface area contributed by atoms with E-state index in [1.54, 1.807) is 19.9 Å². The number of nitrogens with zero attached hydrogens (tertiary/aromatic N) is 2. The molecule has 4 rings (SSSR count). The lowest BCUT2D eigenvalue weighted by Crippen LogP contribution is -2.60. The van der Waals surface area contributed by atoms with E-state index in [0.717, 1.165) is 32.1 Å². The van der Waals surface area contributed by atoms with Crippen molar-refractivity contribution >= 4 is 33.7 Å². The van der Waals surface area contributed by atoms with Gasteiger partial charge in [-0.05, 0) is 33.1 Å². The monoisotopic (exact) mass is 526 g/mol. The SMILES string of the molecule is C=CCN(C(=O)[C@H]1N([C@H](C)CO)C(=O)[C@@H]2[C@@H](C(=O)OCC)[C@@H]3O[C@@]21CC3Br)C1CCCCC1. The van der Waals surface area contributed by atoms with Crippen LogP contribution in [0.3, 0.4) is 0 Å². The molecule has 1 spiro atoms. The maximum Gasteiger partial charge on any atom is 0.312 e. The molecule has 0 aromatic rings. The second-order valence-electron chi connectivity index (χ2n) is 9.76. The third-order valence-corrected chi connectivity index (χ3v) is 8.73. The minimum absolute atomic E-state index is 0.0836. The van der Waals surface area contributed by atoms with Crippen molar-refractivity contribution in [1.29, 1.82) is 0 Å². The fourth-order valence-corrected chi connectivity index (χ4v) is 7.47. The van der Waals surface area contributed by atoms with E-state index in [-0.39, 0.29) is 35.9 Å². The van der Waals surface area contributed by atoms with Crippen LogP contribution < -0.4 is 0 Å². The topological polar surface area (TPSA) is 96.4 Å². The first kappa shape index (κ1) is 24.7. The predicted molar refractivity (Wildman–Crippen MR) is 125 cm³/mol. The molecule has 1 aliphatic carbocycles. The first-order valence-corrected chi connectivity index (χ1v) is 13.1. The summed E-state index contributed by atoms with van der Waals surface area (Å²) in [4.78, 5) is 44.1. The number of ether oxygens (including phenoxy) is 2. The maximum absolute atomic E-state index is 14.2. The van der Waals surface area contributed by atoms with Gasteiger partial charge < -0.3 is 24.4 Å². The van der Waals surface area contributed by atoms with Gasteiger partial charge >= 0.3 is 5.97 Å². The van der Waals surface area contributed by atoms with Gasteiger partial charge in [-0.1, -0.05) is 41.3 Å². The van der Waals surface area contributed by atoms with Crippen molar-refractivity contribution in [3.63, 3.8) is 0 Å². The Morgan fingerprint density at radius 3 is 2.70 bits per heavy atom. The van der Waals surface area contributed by atoms with Crippen molar-refractivity contribution in [2.45, 2.75) is 87.0 Å². The van der Waals surface area contributed by atoms with Crippen LogP contribution in [0.2, 0.25) is 0 Å². The summed E-state index contributed by atoms with van der Waals surface area (Å²) >= 11 is 3.65. The zero-order valence-electron chi connectivity index (χ0n) is 19.5. The Bertz CT molecular complexity index is 802. The zero-order valence-corrected chi connectivity index (χ0v) is 21.0. The summed E-state index contributed by atoms with van der Waals surface area (Å²) in [5.41, 5.74) is -1.12. The molecule has 184 valence electrons. The average Bonchev–Trinajstić information content (AvgIpc) is 3.40. The number of halogens is 1. The number of alkyl halides is 1. The Morgan fingerprint density at radius 1 is 1.39 bits per heavy atom. The van der Waals surface area contributed by atoms with Gasteiger partial charge in [-0.3, -0.25) is 14.4 Å². The molecule has 8 nitrogen and oxygen atoms in total. The summed E-state index contributed by atoms with van der Waals surface area (Å²) < 4.78 is 11.8. The van der Waals surface area contributed by atoms with Gasteiger partial charge in [0.2, 0.25) is 11.8 Å². The van der Waals surface area contributed by atoms with Gasteiger partial charge in [0.25, 0.3) is 0 Å². The minimum Gasteiger partial charge on any atom is -0.466 e. The molecule has 9 heteroatoms. The number of carbonyl (C=O) groups excluding carboxylic acids is 3. The van der Waals surface area contributed by atoms with Gasteiger partial charge in [0, 0.05) is 17.4 Å². The third-order valence-electron chi connectivity index (χ3n) is 7.88. The van der Waals surface area contributed by atoms with Crippen LogP contribution in [0.25, 0.3) is 0 Å². The van der Waals surface area contributed by atoms with E-state index < -0.39 is 41.6 Å². The fraction of sp³-hybridized carbons (Fsp3) is 0.792. The van der Waals surface area contributed by atoms with Crippen molar-refractivity contribution in [3.8, 4) is 0 Å². The van der Waals surface area contributed by atoms with Gasteiger partial charge in [-0.2, -0.15) is 0 Å². The lowest BCUT2D eigenvalue weighted by atomic mass is 9.70. The summed E-state index contributed by atoms with van der Waals surface area (Å²) in [5, 5.41) is 9.97. The molecule has 4 fully saturated rings. The average molecular weight is 527 g/mol. The van der Waals surface area contributed by atoms with Crippen LogP contribution in [0, 0.1) is 11.8 Å². The fourth-order valence-electron chi connectivity index (χ4n) is 6.52. The van der Waals surface area contributed by atoms with Crippen LogP contribution in [0.15, 0.2) is 12.7 Å². The van der Waals surface area contributed by atoms with E-state index in [2.05, 4.69) is 22.5 Å². The quantitative estimate of drug-likeness (QED) is 0.295.